The molecule has 0 aromatic heterocycles. The smallest absolute Gasteiger partial charge is 0.305 e. The highest BCUT2D eigenvalue weighted by Crippen LogP contribution is 2.14. The van der Waals surface area contributed by atoms with Gasteiger partial charge < -0.3 is 14.2 Å². The molecule has 0 radical (unpaired) electrons. The monoisotopic (exact) mass is 653 g/mol. The van der Waals surface area contributed by atoms with Crippen LogP contribution < -0.4 is 0 Å². The zero-order valence-electron chi connectivity index (χ0n) is 30.9. The highest BCUT2D eigenvalue weighted by atomic mass is 16.6. The van der Waals surface area contributed by atoms with E-state index in [4.69, 9.17) is 14.2 Å². The zero-order chi connectivity index (χ0) is 33.8. The summed E-state index contributed by atoms with van der Waals surface area (Å²) in [7, 11) is 0. The summed E-state index contributed by atoms with van der Waals surface area (Å²) in [4.78, 5) is 37.2. The van der Waals surface area contributed by atoms with Crippen LogP contribution in [0.3, 0.4) is 0 Å². The SMILES string of the molecule is CCCCCCCCCCCC(=O)OCC(COC(=O)CCCCCCCCCCC)COC(=O)CCCCCCCCCCC. The van der Waals surface area contributed by atoms with Gasteiger partial charge in [-0.1, -0.05) is 175 Å². The molecule has 0 atom stereocenters. The van der Waals surface area contributed by atoms with E-state index < -0.39 is 0 Å². The second-order valence-electron chi connectivity index (χ2n) is 13.7. The maximum atomic E-state index is 12.4. The lowest BCUT2D eigenvalue weighted by atomic mass is 10.1. The lowest BCUT2D eigenvalue weighted by molar-refractivity contribution is -0.153. The van der Waals surface area contributed by atoms with Crippen LogP contribution in [-0.4, -0.2) is 37.7 Å². The van der Waals surface area contributed by atoms with Crippen LogP contribution >= 0.6 is 0 Å². The Morgan fingerprint density at radius 2 is 0.522 bits per heavy atom. The zero-order valence-corrected chi connectivity index (χ0v) is 30.9. The molecule has 0 spiro atoms. The molecule has 0 fully saturated rings. The fourth-order valence-electron chi connectivity index (χ4n) is 5.73. The van der Waals surface area contributed by atoms with Gasteiger partial charge in [0, 0.05) is 19.3 Å². The van der Waals surface area contributed by atoms with E-state index in [-0.39, 0.29) is 43.6 Å². The van der Waals surface area contributed by atoms with Crippen molar-refractivity contribution in [3.8, 4) is 0 Å². The molecule has 0 bridgehead atoms. The molecule has 6 heteroatoms. The number of esters is 3. The van der Waals surface area contributed by atoms with Crippen molar-refractivity contribution >= 4 is 17.9 Å². The minimum atomic E-state index is -0.341. The molecule has 46 heavy (non-hydrogen) atoms. The average molecular weight is 653 g/mol. The van der Waals surface area contributed by atoms with E-state index in [0.29, 0.717) is 19.3 Å². The topological polar surface area (TPSA) is 78.9 Å². The quantitative estimate of drug-likeness (QED) is 0.0381. The van der Waals surface area contributed by atoms with E-state index >= 15 is 0 Å². The van der Waals surface area contributed by atoms with Gasteiger partial charge in [-0.3, -0.25) is 14.4 Å². The first kappa shape index (κ1) is 44.4. The molecule has 0 saturated carbocycles. The summed E-state index contributed by atoms with van der Waals surface area (Å²) in [5.74, 6) is -1.02. The Balaban J connectivity index is 4.33. The van der Waals surface area contributed by atoms with Crippen LogP contribution in [0.15, 0.2) is 0 Å². The highest BCUT2D eigenvalue weighted by Gasteiger charge is 2.18. The molecule has 0 unspecified atom stereocenters. The van der Waals surface area contributed by atoms with E-state index in [2.05, 4.69) is 20.8 Å². The summed E-state index contributed by atoms with van der Waals surface area (Å²) in [5.41, 5.74) is 0. The summed E-state index contributed by atoms with van der Waals surface area (Å²) < 4.78 is 16.6. The van der Waals surface area contributed by atoms with Gasteiger partial charge in [0.05, 0.1) is 5.92 Å². The van der Waals surface area contributed by atoms with Crippen LogP contribution in [0.5, 0.6) is 0 Å². The van der Waals surface area contributed by atoms with Crippen LogP contribution in [0.1, 0.15) is 213 Å². The van der Waals surface area contributed by atoms with Crippen molar-refractivity contribution < 1.29 is 28.6 Å². The van der Waals surface area contributed by atoms with E-state index in [1.54, 1.807) is 0 Å². The minimum Gasteiger partial charge on any atom is -0.465 e. The lowest BCUT2D eigenvalue weighted by Gasteiger charge is -2.17. The summed E-state index contributed by atoms with van der Waals surface area (Å²) in [5, 5.41) is 0. The summed E-state index contributed by atoms with van der Waals surface area (Å²) in [6.45, 7) is 7.02. The van der Waals surface area contributed by atoms with Gasteiger partial charge in [-0.2, -0.15) is 0 Å². The van der Waals surface area contributed by atoms with Crippen molar-refractivity contribution in [2.24, 2.45) is 5.92 Å². The third-order valence-electron chi connectivity index (χ3n) is 8.89. The van der Waals surface area contributed by atoms with Crippen LogP contribution in [0, 0.1) is 5.92 Å². The van der Waals surface area contributed by atoms with E-state index in [1.807, 2.05) is 0 Å². The fourth-order valence-corrected chi connectivity index (χ4v) is 5.73. The molecule has 0 heterocycles. The van der Waals surface area contributed by atoms with Crippen molar-refractivity contribution in [1.29, 1.82) is 0 Å². The first-order valence-corrected chi connectivity index (χ1v) is 20.0. The number of hydrogen-bond acceptors (Lipinski definition) is 6. The molecule has 0 saturated heterocycles. The molecule has 0 amide bonds. The highest BCUT2D eigenvalue weighted by molar-refractivity contribution is 5.70. The number of rotatable bonds is 36. The first-order valence-electron chi connectivity index (χ1n) is 20.0. The third kappa shape index (κ3) is 33.8. The molecule has 0 rings (SSSR count). The number of carbonyl (C=O) groups is 3. The molecule has 0 aliphatic carbocycles. The molecule has 0 aromatic rings. The van der Waals surface area contributed by atoms with E-state index in [9.17, 15) is 14.4 Å². The summed E-state index contributed by atoms with van der Waals surface area (Å²) in [6, 6.07) is 0. The van der Waals surface area contributed by atoms with Crippen molar-refractivity contribution in [3.63, 3.8) is 0 Å². The van der Waals surface area contributed by atoms with Gasteiger partial charge in [0.25, 0.3) is 0 Å². The Hall–Kier alpha value is -1.59. The standard InChI is InChI=1S/C40H76O6/c1-4-7-10-13-16-19-22-25-28-31-38(41)44-34-37(35-45-39(42)32-29-26-23-20-17-14-11-8-5-2)36-46-40(43)33-30-27-24-21-18-15-12-9-6-3/h37H,4-36H2,1-3H3. The van der Waals surface area contributed by atoms with Crippen LogP contribution in [0.25, 0.3) is 0 Å². The second-order valence-corrected chi connectivity index (χ2v) is 13.7. The Morgan fingerprint density at radius 1 is 0.326 bits per heavy atom. The minimum absolute atomic E-state index is 0.104. The predicted molar refractivity (Wildman–Crippen MR) is 192 cm³/mol. The molecular formula is C40H76O6. The molecule has 272 valence electrons. The van der Waals surface area contributed by atoms with Gasteiger partial charge in [0.2, 0.25) is 0 Å². The van der Waals surface area contributed by atoms with Crippen molar-refractivity contribution in [2.45, 2.75) is 213 Å². The molecule has 0 aromatic carbocycles. The Morgan fingerprint density at radius 3 is 0.739 bits per heavy atom. The van der Waals surface area contributed by atoms with Crippen LogP contribution in [-0.2, 0) is 28.6 Å². The Kier molecular flexibility index (Phi) is 35.0. The van der Waals surface area contributed by atoms with Crippen molar-refractivity contribution in [3.05, 3.63) is 0 Å². The molecular weight excluding hydrogens is 576 g/mol. The van der Waals surface area contributed by atoms with Gasteiger partial charge in [-0.15, -0.1) is 0 Å². The van der Waals surface area contributed by atoms with Gasteiger partial charge >= 0.3 is 17.9 Å². The van der Waals surface area contributed by atoms with Gasteiger partial charge in [0.1, 0.15) is 19.8 Å². The van der Waals surface area contributed by atoms with Gasteiger partial charge in [-0.25, -0.2) is 0 Å². The second kappa shape index (κ2) is 36.2. The third-order valence-corrected chi connectivity index (χ3v) is 8.89. The average Bonchev–Trinajstić information content (AvgIpc) is 3.05. The lowest BCUT2D eigenvalue weighted by Crippen LogP contribution is -2.26. The maximum Gasteiger partial charge on any atom is 0.305 e. The van der Waals surface area contributed by atoms with Crippen molar-refractivity contribution in [2.75, 3.05) is 19.8 Å². The van der Waals surface area contributed by atoms with Gasteiger partial charge in [0.15, 0.2) is 0 Å². The summed E-state index contributed by atoms with van der Waals surface area (Å²) in [6.07, 6.45) is 33.5. The number of unbranched alkanes of at least 4 members (excludes halogenated alkanes) is 24. The van der Waals surface area contributed by atoms with E-state index in [1.165, 1.54) is 116 Å². The fraction of sp³-hybridized carbons (Fsp3) is 0.925. The number of carbonyl (C=O) groups excluding carboxylic acids is 3. The molecule has 0 aliphatic heterocycles. The molecule has 6 nitrogen and oxygen atoms in total. The van der Waals surface area contributed by atoms with Crippen LogP contribution in [0.4, 0.5) is 0 Å². The summed E-state index contributed by atoms with van der Waals surface area (Å²) >= 11 is 0. The molecule has 0 aliphatic rings. The number of hydrogen-bond donors (Lipinski definition) is 0. The van der Waals surface area contributed by atoms with Crippen molar-refractivity contribution in [1.82, 2.24) is 0 Å². The largest absolute Gasteiger partial charge is 0.465 e. The van der Waals surface area contributed by atoms with Gasteiger partial charge in [-0.05, 0) is 19.3 Å². The Labute approximate surface area is 285 Å². The first-order chi connectivity index (χ1) is 22.5. The predicted octanol–water partition coefficient (Wildman–Crippen LogP) is 12.0. The maximum absolute atomic E-state index is 12.4. The Bertz CT molecular complexity index is 588. The van der Waals surface area contributed by atoms with E-state index in [0.717, 1.165) is 57.8 Å². The van der Waals surface area contributed by atoms with Crippen LogP contribution in [0.2, 0.25) is 0 Å². The molecule has 0 N–H and O–H groups in total. The normalized spacial score (nSPS) is 11.2. The number of ether oxygens (including phenoxy) is 3.